The number of amides is 1. The first-order valence-electron chi connectivity index (χ1n) is 11.6. The summed E-state index contributed by atoms with van der Waals surface area (Å²) in [5, 5.41) is 2.95. The van der Waals surface area contributed by atoms with Crippen LogP contribution in [0.4, 0.5) is 0 Å². The van der Waals surface area contributed by atoms with Gasteiger partial charge in [-0.3, -0.25) is 4.79 Å². The lowest BCUT2D eigenvalue weighted by Gasteiger charge is -2.13. The molecule has 5 nitrogen and oxygen atoms in total. The number of imidazole rings is 1. The number of carbonyl (C=O) groups excluding carboxylic acids is 1. The molecular weight excluding hydrogens is 410 g/mol. The zero-order valence-corrected chi connectivity index (χ0v) is 19.3. The summed E-state index contributed by atoms with van der Waals surface area (Å²) in [6.07, 6.45) is 1.79. The van der Waals surface area contributed by atoms with Crippen LogP contribution < -0.4 is 10.1 Å². The van der Waals surface area contributed by atoms with Crippen molar-refractivity contribution < 1.29 is 9.53 Å². The molecule has 0 aliphatic heterocycles. The van der Waals surface area contributed by atoms with E-state index in [1.165, 1.54) is 11.1 Å². The number of hydrogen-bond acceptors (Lipinski definition) is 3. The van der Waals surface area contributed by atoms with Crippen LogP contribution in [0.15, 0.2) is 78.9 Å². The number of fused-ring (bicyclic) bond motifs is 1. The summed E-state index contributed by atoms with van der Waals surface area (Å²) in [6, 6.07) is 26.4. The molecule has 0 aliphatic carbocycles. The molecule has 170 valence electrons. The summed E-state index contributed by atoms with van der Waals surface area (Å²) in [5.41, 5.74) is 4.70. The number of para-hydroxylation sites is 3. The van der Waals surface area contributed by atoms with Gasteiger partial charge in [0.15, 0.2) is 6.61 Å². The van der Waals surface area contributed by atoms with Crippen molar-refractivity contribution in [2.24, 2.45) is 0 Å². The Morgan fingerprint density at radius 1 is 1.00 bits per heavy atom. The Morgan fingerprint density at radius 3 is 2.48 bits per heavy atom. The van der Waals surface area contributed by atoms with Crippen LogP contribution in [0.25, 0.3) is 11.0 Å². The van der Waals surface area contributed by atoms with Crippen molar-refractivity contribution in [1.82, 2.24) is 14.9 Å². The van der Waals surface area contributed by atoms with Gasteiger partial charge >= 0.3 is 0 Å². The lowest BCUT2D eigenvalue weighted by molar-refractivity contribution is -0.123. The predicted molar refractivity (Wildman–Crippen MR) is 133 cm³/mol. The zero-order chi connectivity index (χ0) is 23.0. The summed E-state index contributed by atoms with van der Waals surface area (Å²) in [7, 11) is 0. The van der Waals surface area contributed by atoms with E-state index in [1.54, 1.807) is 0 Å². The van der Waals surface area contributed by atoms with Crippen LogP contribution in [0.3, 0.4) is 0 Å². The molecule has 5 heteroatoms. The first kappa shape index (κ1) is 22.6. The molecule has 0 fully saturated rings. The summed E-state index contributed by atoms with van der Waals surface area (Å²) >= 11 is 0. The highest BCUT2D eigenvalue weighted by atomic mass is 16.5. The molecule has 0 spiro atoms. The number of rotatable bonds is 10. The SMILES string of the molecule is CCC(C)c1ccc(Cn2c(CCNC(=O)COc3ccccc3)nc3ccccc32)cc1. The second-order valence-electron chi connectivity index (χ2n) is 8.36. The van der Waals surface area contributed by atoms with Gasteiger partial charge in [-0.05, 0) is 47.7 Å². The molecule has 0 bridgehead atoms. The number of ether oxygens (including phenoxy) is 1. The fourth-order valence-corrected chi connectivity index (χ4v) is 3.89. The zero-order valence-electron chi connectivity index (χ0n) is 19.3. The minimum atomic E-state index is -0.137. The fraction of sp³-hybridized carbons (Fsp3) is 0.286. The summed E-state index contributed by atoms with van der Waals surface area (Å²) in [4.78, 5) is 17.0. The standard InChI is InChI=1S/C28H31N3O2/c1-3-21(2)23-15-13-22(14-16-23)19-31-26-12-8-7-11-25(26)30-27(31)17-18-29-28(32)20-33-24-9-5-4-6-10-24/h4-16,21H,3,17-20H2,1-2H3,(H,29,32). The van der Waals surface area contributed by atoms with Gasteiger partial charge in [0.2, 0.25) is 0 Å². The molecular formula is C28H31N3O2. The van der Waals surface area contributed by atoms with Gasteiger partial charge in [-0.1, -0.05) is 68.4 Å². The highest BCUT2D eigenvalue weighted by Gasteiger charge is 2.12. The molecule has 1 amide bonds. The third-order valence-electron chi connectivity index (χ3n) is 6.02. The highest BCUT2D eigenvalue weighted by molar-refractivity contribution is 5.78. The van der Waals surface area contributed by atoms with E-state index < -0.39 is 0 Å². The second-order valence-corrected chi connectivity index (χ2v) is 8.36. The van der Waals surface area contributed by atoms with E-state index in [-0.39, 0.29) is 12.5 Å². The first-order valence-corrected chi connectivity index (χ1v) is 11.6. The van der Waals surface area contributed by atoms with Crippen molar-refractivity contribution in [1.29, 1.82) is 0 Å². The van der Waals surface area contributed by atoms with Crippen molar-refractivity contribution in [2.75, 3.05) is 13.2 Å². The molecule has 0 saturated carbocycles. The van der Waals surface area contributed by atoms with E-state index in [1.807, 2.05) is 48.5 Å². The summed E-state index contributed by atoms with van der Waals surface area (Å²) in [6.45, 7) is 5.74. The van der Waals surface area contributed by atoms with E-state index in [9.17, 15) is 4.79 Å². The van der Waals surface area contributed by atoms with E-state index >= 15 is 0 Å². The number of hydrogen-bond donors (Lipinski definition) is 1. The second kappa shape index (κ2) is 10.8. The van der Waals surface area contributed by atoms with E-state index in [0.29, 0.717) is 24.6 Å². The summed E-state index contributed by atoms with van der Waals surface area (Å²) in [5.74, 6) is 2.08. The first-order chi connectivity index (χ1) is 16.1. The molecule has 3 aromatic carbocycles. The third kappa shape index (κ3) is 5.80. The normalized spacial score (nSPS) is 11.9. The van der Waals surface area contributed by atoms with Gasteiger partial charge in [0, 0.05) is 19.5 Å². The van der Waals surface area contributed by atoms with E-state index in [4.69, 9.17) is 9.72 Å². The monoisotopic (exact) mass is 441 g/mol. The third-order valence-corrected chi connectivity index (χ3v) is 6.02. The Kier molecular flexibility index (Phi) is 7.40. The summed E-state index contributed by atoms with van der Waals surface area (Å²) < 4.78 is 7.77. The quantitative estimate of drug-likeness (QED) is 0.362. The van der Waals surface area contributed by atoms with Crippen LogP contribution in [-0.4, -0.2) is 28.6 Å². The number of aromatic nitrogens is 2. The van der Waals surface area contributed by atoms with Gasteiger partial charge in [0.25, 0.3) is 5.91 Å². The van der Waals surface area contributed by atoms with Crippen molar-refractivity contribution in [3.63, 3.8) is 0 Å². The Morgan fingerprint density at radius 2 is 1.73 bits per heavy atom. The Bertz CT molecular complexity index is 1180. The Hall–Kier alpha value is -3.60. The Balaban J connectivity index is 1.41. The van der Waals surface area contributed by atoms with Crippen molar-refractivity contribution >= 4 is 16.9 Å². The lowest BCUT2D eigenvalue weighted by atomic mass is 9.98. The number of nitrogens with one attached hydrogen (secondary N) is 1. The molecule has 4 rings (SSSR count). The molecule has 0 saturated heterocycles. The average molecular weight is 442 g/mol. The number of nitrogens with zero attached hydrogens (tertiary/aromatic N) is 2. The van der Waals surface area contributed by atoms with Crippen LogP contribution in [0.5, 0.6) is 5.75 Å². The maximum Gasteiger partial charge on any atom is 0.257 e. The molecule has 1 unspecified atom stereocenters. The molecule has 33 heavy (non-hydrogen) atoms. The molecule has 1 N–H and O–H groups in total. The van der Waals surface area contributed by atoms with Gasteiger partial charge in [0.1, 0.15) is 11.6 Å². The average Bonchev–Trinajstić information content (AvgIpc) is 3.20. The highest BCUT2D eigenvalue weighted by Crippen LogP contribution is 2.21. The van der Waals surface area contributed by atoms with Crippen LogP contribution in [0.1, 0.15) is 43.1 Å². The molecule has 1 aromatic heterocycles. The molecule has 0 radical (unpaired) electrons. The van der Waals surface area contributed by atoms with E-state index in [0.717, 1.165) is 29.8 Å². The lowest BCUT2D eigenvalue weighted by Crippen LogP contribution is -2.31. The maximum absolute atomic E-state index is 12.2. The smallest absolute Gasteiger partial charge is 0.257 e. The largest absolute Gasteiger partial charge is 0.484 e. The van der Waals surface area contributed by atoms with Gasteiger partial charge in [0.05, 0.1) is 11.0 Å². The van der Waals surface area contributed by atoms with Crippen LogP contribution >= 0.6 is 0 Å². The van der Waals surface area contributed by atoms with Crippen LogP contribution in [0, 0.1) is 0 Å². The predicted octanol–water partition coefficient (Wildman–Crippen LogP) is 5.34. The van der Waals surface area contributed by atoms with Crippen molar-refractivity contribution in [2.45, 2.75) is 39.2 Å². The maximum atomic E-state index is 12.2. The molecule has 1 atom stereocenters. The van der Waals surface area contributed by atoms with Gasteiger partial charge in [-0.25, -0.2) is 4.98 Å². The van der Waals surface area contributed by atoms with Crippen molar-refractivity contribution in [3.05, 3.63) is 95.8 Å². The van der Waals surface area contributed by atoms with Gasteiger partial charge < -0.3 is 14.6 Å². The number of carbonyl (C=O) groups is 1. The number of benzene rings is 3. The Labute approximate surface area is 195 Å². The molecule has 0 aliphatic rings. The van der Waals surface area contributed by atoms with E-state index in [2.05, 4.69) is 54.1 Å². The fourth-order valence-electron chi connectivity index (χ4n) is 3.89. The minimum absolute atomic E-state index is 0.00294. The van der Waals surface area contributed by atoms with Gasteiger partial charge in [-0.15, -0.1) is 0 Å². The minimum Gasteiger partial charge on any atom is -0.484 e. The molecule has 1 heterocycles. The van der Waals surface area contributed by atoms with Crippen molar-refractivity contribution in [3.8, 4) is 5.75 Å². The van der Waals surface area contributed by atoms with Crippen LogP contribution in [-0.2, 0) is 17.8 Å². The topological polar surface area (TPSA) is 56.2 Å². The van der Waals surface area contributed by atoms with Crippen LogP contribution in [0.2, 0.25) is 0 Å². The van der Waals surface area contributed by atoms with Gasteiger partial charge in [-0.2, -0.15) is 0 Å². The molecule has 4 aromatic rings.